The lowest BCUT2D eigenvalue weighted by atomic mass is 9.97. The Bertz CT molecular complexity index is 293. The van der Waals surface area contributed by atoms with E-state index < -0.39 is 8.24 Å². The van der Waals surface area contributed by atoms with Gasteiger partial charge >= 0.3 is 0 Å². The van der Waals surface area contributed by atoms with E-state index in [2.05, 4.69) is 43.9 Å². The zero-order chi connectivity index (χ0) is 11.6. The highest BCUT2D eigenvalue weighted by Gasteiger charge is 2.27. The number of rotatable bonds is 3. The van der Waals surface area contributed by atoms with Gasteiger partial charge in [-0.2, -0.15) is 0 Å². The molecule has 0 saturated carbocycles. The van der Waals surface area contributed by atoms with Crippen molar-refractivity contribution in [3.05, 3.63) is 11.3 Å². The second-order valence-corrected chi connectivity index (χ2v) is 10.6. The number of allylic oxidation sites excluding steroid dienone is 1. The normalized spacial score (nSPS) is 17.9. The number of hydrogen-bond acceptors (Lipinski definition) is 2. The largest absolute Gasteiger partial charge is 0.403 e. The van der Waals surface area contributed by atoms with Gasteiger partial charge in [-0.1, -0.05) is 19.6 Å². The van der Waals surface area contributed by atoms with Crippen LogP contribution in [0.15, 0.2) is 11.3 Å². The first-order chi connectivity index (χ1) is 6.84. The van der Waals surface area contributed by atoms with Gasteiger partial charge in [-0.25, -0.2) is 0 Å². The van der Waals surface area contributed by atoms with E-state index in [-0.39, 0.29) is 5.12 Å². The molecule has 4 heteroatoms. The van der Waals surface area contributed by atoms with E-state index in [0.717, 1.165) is 24.8 Å². The van der Waals surface area contributed by atoms with Crippen LogP contribution in [0.5, 0.6) is 0 Å². The third-order valence-corrected chi connectivity index (χ3v) is 5.66. The molecule has 0 aromatic carbocycles. The fraction of sp³-hybridized carbons (Fsp3) is 0.727. The van der Waals surface area contributed by atoms with Crippen molar-refractivity contribution >= 4 is 26.0 Å². The van der Waals surface area contributed by atoms with Gasteiger partial charge in [-0.3, -0.25) is 4.79 Å². The van der Waals surface area contributed by atoms with E-state index >= 15 is 0 Å². The number of nitrogens with zero attached hydrogens (tertiary/aromatic N) is 1. The maximum absolute atomic E-state index is 11.4. The maximum Gasteiger partial charge on any atom is 0.214 e. The van der Waals surface area contributed by atoms with Crippen LogP contribution in [0.2, 0.25) is 19.6 Å². The molecule has 2 nitrogen and oxygen atoms in total. The summed E-state index contributed by atoms with van der Waals surface area (Å²) in [4.78, 5) is 11.4. The first-order valence-corrected chi connectivity index (χ1v) is 9.42. The van der Waals surface area contributed by atoms with Crippen molar-refractivity contribution < 1.29 is 4.79 Å². The predicted molar refractivity (Wildman–Crippen MR) is 70.6 cm³/mol. The second kappa shape index (κ2) is 4.74. The van der Waals surface area contributed by atoms with Crippen LogP contribution in [0.1, 0.15) is 25.7 Å². The van der Waals surface area contributed by atoms with E-state index in [0.29, 0.717) is 0 Å². The molecule has 0 aromatic rings. The lowest BCUT2D eigenvalue weighted by Gasteiger charge is -2.37. The first-order valence-electron chi connectivity index (χ1n) is 5.53. The minimum absolute atomic E-state index is 0.0326. The van der Waals surface area contributed by atoms with Crippen molar-refractivity contribution in [2.45, 2.75) is 45.3 Å². The lowest BCUT2D eigenvalue weighted by Crippen LogP contribution is -2.43. The predicted octanol–water partition coefficient (Wildman–Crippen LogP) is 3.04. The van der Waals surface area contributed by atoms with E-state index in [9.17, 15) is 4.79 Å². The average Bonchev–Trinajstić information content (AvgIpc) is 2.15. The highest BCUT2D eigenvalue weighted by atomic mass is 32.1. The summed E-state index contributed by atoms with van der Waals surface area (Å²) in [7, 11) is 0.782. The third-order valence-electron chi connectivity index (χ3n) is 3.11. The molecule has 0 bridgehead atoms. The lowest BCUT2D eigenvalue weighted by molar-refractivity contribution is -0.108. The van der Waals surface area contributed by atoms with Gasteiger partial charge in [-0.15, -0.1) is 12.6 Å². The van der Waals surface area contributed by atoms with Crippen LogP contribution in [-0.2, 0) is 4.79 Å². The van der Waals surface area contributed by atoms with Crippen molar-refractivity contribution in [2.24, 2.45) is 0 Å². The van der Waals surface area contributed by atoms with Gasteiger partial charge in [-0.05, 0) is 32.7 Å². The molecule has 0 radical (unpaired) electrons. The Balaban J connectivity index is 3.02. The molecule has 0 heterocycles. The van der Waals surface area contributed by atoms with Crippen molar-refractivity contribution in [3.63, 3.8) is 0 Å². The van der Waals surface area contributed by atoms with Crippen molar-refractivity contribution in [3.8, 4) is 0 Å². The number of thiol groups is 1. The fourth-order valence-corrected chi connectivity index (χ4v) is 3.19. The molecule has 0 atom stereocenters. The van der Waals surface area contributed by atoms with Gasteiger partial charge < -0.3 is 4.57 Å². The monoisotopic (exact) mass is 243 g/mol. The molecule has 0 amide bonds. The smallest absolute Gasteiger partial charge is 0.214 e. The molecule has 86 valence electrons. The molecule has 0 saturated heterocycles. The minimum Gasteiger partial charge on any atom is -0.403 e. The first kappa shape index (κ1) is 12.8. The highest BCUT2D eigenvalue weighted by Crippen LogP contribution is 2.30. The number of hydrogen-bond donors (Lipinski definition) is 1. The van der Waals surface area contributed by atoms with Gasteiger partial charge in [0.15, 0.2) is 0 Å². The Morgan fingerprint density at radius 2 is 1.80 bits per heavy atom. The average molecular weight is 243 g/mol. The molecule has 1 rings (SSSR count). The van der Waals surface area contributed by atoms with E-state index in [1.54, 1.807) is 0 Å². The zero-order valence-corrected chi connectivity index (χ0v) is 12.0. The van der Waals surface area contributed by atoms with Crippen molar-refractivity contribution in [1.29, 1.82) is 0 Å². The topological polar surface area (TPSA) is 20.3 Å². The fourth-order valence-electron chi connectivity index (χ4n) is 1.89. The maximum atomic E-state index is 11.4. The zero-order valence-electron chi connectivity index (χ0n) is 10.1. The van der Waals surface area contributed by atoms with E-state index in [4.69, 9.17) is 0 Å². The molecule has 1 aliphatic rings. The second-order valence-electron chi connectivity index (χ2n) is 5.17. The van der Waals surface area contributed by atoms with Gasteiger partial charge in [0.2, 0.25) is 5.12 Å². The Labute approximate surface area is 99.2 Å². The summed E-state index contributed by atoms with van der Waals surface area (Å²) in [5.41, 5.74) is 2.20. The van der Waals surface area contributed by atoms with E-state index in [1.165, 1.54) is 12.1 Å². The molecule has 0 spiro atoms. The van der Waals surface area contributed by atoms with Gasteiger partial charge in [0.1, 0.15) is 8.24 Å². The minimum atomic E-state index is -1.35. The van der Waals surface area contributed by atoms with Crippen molar-refractivity contribution in [2.75, 3.05) is 7.05 Å². The molecule has 15 heavy (non-hydrogen) atoms. The summed E-state index contributed by atoms with van der Waals surface area (Å²) in [5.74, 6) is 0. The molecule has 0 aromatic heterocycles. The standard InChI is InChI=1S/C11H21NOSSi/c1-12(15(2,3)4)10-8-6-5-7-9(10)11(13)14/h5-8H2,1-4H3,(H,13,14). The third kappa shape index (κ3) is 3.11. The summed E-state index contributed by atoms with van der Waals surface area (Å²) >= 11 is 3.98. The molecule has 1 aliphatic carbocycles. The molecular formula is C11H21NOSSi. The number of carbonyl (C=O) groups excluding carboxylic acids is 1. The Hall–Kier alpha value is -0.223. The molecule has 0 aliphatic heterocycles. The quantitative estimate of drug-likeness (QED) is 0.607. The van der Waals surface area contributed by atoms with Crippen LogP contribution in [0.4, 0.5) is 0 Å². The van der Waals surface area contributed by atoms with Crippen molar-refractivity contribution in [1.82, 2.24) is 4.57 Å². The summed E-state index contributed by atoms with van der Waals surface area (Å²) in [6.07, 6.45) is 4.29. The van der Waals surface area contributed by atoms with Crippen LogP contribution in [0.25, 0.3) is 0 Å². The summed E-state index contributed by atoms with van der Waals surface area (Å²) in [6.45, 7) is 6.90. The Morgan fingerprint density at radius 3 is 2.27 bits per heavy atom. The number of carbonyl (C=O) groups is 1. The summed E-state index contributed by atoms with van der Waals surface area (Å²) in [5, 5.41) is -0.0326. The Kier molecular flexibility index (Phi) is 4.06. The van der Waals surface area contributed by atoms with Crippen LogP contribution >= 0.6 is 12.6 Å². The summed E-state index contributed by atoms with van der Waals surface area (Å²) < 4.78 is 2.36. The Morgan fingerprint density at radius 1 is 1.27 bits per heavy atom. The van der Waals surface area contributed by atoms with Crippen LogP contribution in [0.3, 0.4) is 0 Å². The SMILES string of the molecule is CN(C1=C(C(=O)S)CCCC1)[Si](C)(C)C. The van der Waals surface area contributed by atoms with E-state index in [1.807, 2.05) is 0 Å². The highest BCUT2D eigenvalue weighted by molar-refractivity contribution is 7.97. The van der Waals surface area contributed by atoms with Crippen LogP contribution in [0, 0.1) is 0 Å². The van der Waals surface area contributed by atoms with Crippen LogP contribution < -0.4 is 0 Å². The molecule has 0 unspecified atom stereocenters. The molecule has 0 N–H and O–H groups in total. The molecule has 0 fully saturated rings. The van der Waals surface area contributed by atoms with Gasteiger partial charge in [0, 0.05) is 11.3 Å². The van der Waals surface area contributed by atoms with Gasteiger partial charge in [0.25, 0.3) is 0 Å². The summed E-state index contributed by atoms with van der Waals surface area (Å²) in [6, 6.07) is 0. The van der Waals surface area contributed by atoms with Crippen LogP contribution in [-0.4, -0.2) is 25.0 Å². The van der Waals surface area contributed by atoms with Gasteiger partial charge in [0.05, 0.1) is 0 Å². The molecular weight excluding hydrogens is 222 g/mol.